The van der Waals surface area contributed by atoms with Crippen LogP contribution in [0.5, 0.6) is 0 Å². The first-order chi connectivity index (χ1) is 12.6. The molecule has 1 aliphatic carbocycles. The summed E-state index contributed by atoms with van der Waals surface area (Å²) in [6, 6.07) is 14.9. The number of nitrogens with one attached hydrogen (secondary N) is 1. The number of rotatable bonds is 3. The fourth-order valence-electron chi connectivity index (χ4n) is 4.73. The van der Waals surface area contributed by atoms with Crippen molar-refractivity contribution in [3.05, 3.63) is 69.9 Å². The van der Waals surface area contributed by atoms with Crippen LogP contribution < -0.4 is 5.32 Å². The molecule has 1 aliphatic heterocycles. The zero-order chi connectivity index (χ0) is 18.1. The van der Waals surface area contributed by atoms with Crippen LogP contribution in [0.4, 0.5) is 4.39 Å². The lowest BCUT2D eigenvalue weighted by molar-refractivity contribution is -0.120. The van der Waals surface area contributed by atoms with E-state index in [0.29, 0.717) is 5.92 Å². The van der Waals surface area contributed by atoms with E-state index >= 15 is 0 Å². The third-order valence-electron chi connectivity index (χ3n) is 5.98. The molecule has 1 unspecified atom stereocenters. The van der Waals surface area contributed by atoms with E-state index in [9.17, 15) is 9.18 Å². The molecule has 0 radical (unpaired) electrons. The molecule has 2 fully saturated rings. The van der Waals surface area contributed by atoms with Gasteiger partial charge < -0.3 is 5.32 Å². The van der Waals surface area contributed by atoms with E-state index in [4.69, 9.17) is 0 Å². The van der Waals surface area contributed by atoms with E-state index in [1.165, 1.54) is 49.8 Å². The molecule has 1 heterocycles. The van der Waals surface area contributed by atoms with Crippen molar-refractivity contribution in [1.82, 2.24) is 5.32 Å². The van der Waals surface area contributed by atoms with Crippen LogP contribution in [-0.2, 0) is 4.79 Å². The summed E-state index contributed by atoms with van der Waals surface area (Å²) in [5.41, 5.74) is 2.08. The molecule has 1 saturated carbocycles. The molecule has 1 saturated heterocycles. The van der Waals surface area contributed by atoms with Crippen molar-refractivity contribution in [2.75, 3.05) is 0 Å². The Morgan fingerprint density at radius 3 is 2.15 bits per heavy atom. The maximum Gasteiger partial charge on any atom is 0.228 e. The molecule has 26 heavy (non-hydrogen) atoms. The molecule has 2 aliphatic rings. The van der Waals surface area contributed by atoms with Crippen LogP contribution in [0.15, 0.2) is 53.0 Å². The number of halogens is 2. The minimum atomic E-state index is -0.267. The number of hydrogen-bond donors (Lipinski definition) is 1. The second-order valence-electron chi connectivity index (χ2n) is 7.54. The summed E-state index contributed by atoms with van der Waals surface area (Å²) in [5.74, 6) is 0.149. The molecule has 4 rings (SSSR count). The van der Waals surface area contributed by atoms with Crippen LogP contribution in [0, 0.1) is 11.7 Å². The van der Waals surface area contributed by atoms with Gasteiger partial charge in [0, 0.05) is 16.4 Å². The van der Waals surface area contributed by atoms with Gasteiger partial charge in [0.25, 0.3) is 0 Å². The predicted octanol–water partition coefficient (Wildman–Crippen LogP) is 5.53. The lowest BCUT2D eigenvalue weighted by atomic mass is 9.73. The van der Waals surface area contributed by atoms with Crippen LogP contribution >= 0.6 is 15.9 Å². The SMILES string of the molecule is O=C1NC(C2CCCCC2)[C@@H](c2ccc(Br)cc2)[C@@H]1c1ccc(F)cc1. The molecule has 0 aromatic heterocycles. The van der Waals surface area contributed by atoms with Gasteiger partial charge in [-0.1, -0.05) is 59.5 Å². The summed E-state index contributed by atoms with van der Waals surface area (Å²) in [6.07, 6.45) is 6.13. The summed E-state index contributed by atoms with van der Waals surface area (Å²) < 4.78 is 14.4. The van der Waals surface area contributed by atoms with Crippen LogP contribution in [0.3, 0.4) is 0 Å². The molecule has 136 valence electrons. The van der Waals surface area contributed by atoms with Crippen LogP contribution in [-0.4, -0.2) is 11.9 Å². The quantitative estimate of drug-likeness (QED) is 0.700. The van der Waals surface area contributed by atoms with Crippen molar-refractivity contribution in [3.63, 3.8) is 0 Å². The summed E-state index contributed by atoms with van der Waals surface area (Å²) in [5, 5.41) is 3.31. The van der Waals surface area contributed by atoms with Gasteiger partial charge in [-0.25, -0.2) is 4.39 Å². The van der Waals surface area contributed by atoms with Crippen molar-refractivity contribution in [2.24, 2.45) is 5.92 Å². The van der Waals surface area contributed by atoms with Gasteiger partial charge in [0.15, 0.2) is 0 Å². The zero-order valence-corrected chi connectivity index (χ0v) is 16.2. The summed E-state index contributed by atoms with van der Waals surface area (Å²) >= 11 is 3.50. The molecule has 2 nitrogen and oxygen atoms in total. The molecule has 4 heteroatoms. The lowest BCUT2D eigenvalue weighted by Gasteiger charge is -2.32. The Morgan fingerprint density at radius 1 is 0.885 bits per heavy atom. The maximum atomic E-state index is 13.4. The number of benzene rings is 2. The average molecular weight is 416 g/mol. The van der Waals surface area contributed by atoms with E-state index < -0.39 is 0 Å². The topological polar surface area (TPSA) is 29.1 Å². The van der Waals surface area contributed by atoms with E-state index in [-0.39, 0.29) is 29.6 Å². The van der Waals surface area contributed by atoms with Crippen molar-refractivity contribution in [3.8, 4) is 0 Å². The van der Waals surface area contributed by atoms with Crippen molar-refractivity contribution < 1.29 is 9.18 Å². The van der Waals surface area contributed by atoms with E-state index in [0.717, 1.165) is 10.0 Å². The first-order valence-electron chi connectivity index (χ1n) is 9.45. The first kappa shape index (κ1) is 17.7. The molecule has 2 aromatic rings. The highest BCUT2D eigenvalue weighted by Gasteiger charge is 2.46. The molecular weight excluding hydrogens is 393 g/mol. The summed E-state index contributed by atoms with van der Waals surface area (Å²) in [7, 11) is 0. The smallest absolute Gasteiger partial charge is 0.228 e. The highest BCUT2D eigenvalue weighted by molar-refractivity contribution is 9.10. The van der Waals surface area contributed by atoms with Gasteiger partial charge in [-0.2, -0.15) is 0 Å². The fraction of sp³-hybridized carbons (Fsp3) is 0.409. The summed E-state index contributed by atoms with van der Waals surface area (Å²) in [4.78, 5) is 12.9. The van der Waals surface area contributed by atoms with Gasteiger partial charge in [-0.3, -0.25) is 4.79 Å². The third kappa shape index (κ3) is 3.44. The molecule has 2 aromatic carbocycles. The Labute approximate surface area is 162 Å². The van der Waals surface area contributed by atoms with Gasteiger partial charge in [-0.15, -0.1) is 0 Å². The zero-order valence-electron chi connectivity index (χ0n) is 14.6. The van der Waals surface area contributed by atoms with Crippen molar-refractivity contribution in [1.29, 1.82) is 0 Å². The van der Waals surface area contributed by atoms with Gasteiger partial charge in [0.1, 0.15) is 5.82 Å². The normalized spacial score (nSPS) is 26.7. The Bertz CT molecular complexity index is 768. The van der Waals surface area contributed by atoms with E-state index in [1.807, 2.05) is 12.1 Å². The second-order valence-corrected chi connectivity index (χ2v) is 8.45. The number of hydrogen-bond acceptors (Lipinski definition) is 1. The molecular formula is C22H23BrFNO. The highest BCUT2D eigenvalue weighted by Crippen LogP contribution is 2.45. The second kappa shape index (κ2) is 7.51. The minimum absolute atomic E-state index is 0.0695. The molecule has 1 amide bonds. The largest absolute Gasteiger partial charge is 0.352 e. The van der Waals surface area contributed by atoms with Gasteiger partial charge >= 0.3 is 0 Å². The Morgan fingerprint density at radius 2 is 1.50 bits per heavy atom. The molecule has 1 N–H and O–H groups in total. The molecule has 3 atom stereocenters. The monoisotopic (exact) mass is 415 g/mol. The van der Waals surface area contributed by atoms with Gasteiger partial charge in [-0.05, 0) is 54.2 Å². The first-order valence-corrected chi connectivity index (χ1v) is 10.2. The highest BCUT2D eigenvalue weighted by atomic mass is 79.9. The predicted molar refractivity (Wildman–Crippen MR) is 105 cm³/mol. The number of amides is 1. The maximum absolute atomic E-state index is 13.4. The Hall–Kier alpha value is -1.68. The Balaban J connectivity index is 1.74. The third-order valence-corrected chi connectivity index (χ3v) is 6.51. The molecule has 0 bridgehead atoms. The lowest BCUT2D eigenvalue weighted by Crippen LogP contribution is -2.36. The van der Waals surface area contributed by atoms with Crippen LogP contribution in [0.25, 0.3) is 0 Å². The van der Waals surface area contributed by atoms with Crippen molar-refractivity contribution in [2.45, 2.75) is 50.0 Å². The summed E-state index contributed by atoms with van der Waals surface area (Å²) in [6.45, 7) is 0. The van der Waals surface area contributed by atoms with E-state index in [2.05, 4.69) is 33.4 Å². The fourth-order valence-corrected chi connectivity index (χ4v) is 5.00. The molecule has 0 spiro atoms. The van der Waals surface area contributed by atoms with Crippen molar-refractivity contribution >= 4 is 21.8 Å². The Kier molecular flexibility index (Phi) is 5.12. The number of carbonyl (C=O) groups is 1. The van der Waals surface area contributed by atoms with E-state index in [1.54, 1.807) is 12.1 Å². The van der Waals surface area contributed by atoms with Crippen LogP contribution in [0.1, 0.15) is 55.1 Å². The minimum Gasteiger partial charge on any atom is -0.352 e. The number of carbonyl (C=O) groups excluding carboxylic acids is 1. The van der Waals surface area contributed by atoms with Gasteiger partial charge in [0.05, 0.1) is 5.92 Å². The van der Waals surface area contributed by atoms with Gasteiger partial charge in [0.2, 0.25) is 5.91 Å². The van der Waals surface area contributed by atoms with Crippen LogP contribution in [0.2, 0.25) is 0 Å². The standard InChI is InChI=1S/C22H23BrFNO/c23-17-10-6-14(7-11-17)19-20(15-8-12-18(24)13-9-15)22(26)25-21(19)16-4-2-1-3-5-16/h6-13,16,19-21H,1-5H2,(H,25,26)/t19-,20-,21?/m0/s1. The average Bonchev–Trinajstić information content (AvgIpc) is 3.01.